The van der Waals surface area contributed by atoms with Crippen LogP contribution < -0.4 is 10.6 Å². The van der Waals surface area contributed by atoms with Crippen molar-refractivity contribution in [3.8, 4) is 0 Å². The van der Waals surface area contributed by atoms with Gasteiger partial charge in [-0.05, 0) is 70.5 Å². The molecule has 28 heavy (non-hydrogen) atoms. The molecule has 0 aromatic heterocycles. The summed E-state index contributed by atoms with van der Waals surface area (Å²) in [5.41, 5.74) is 0. The summed E-state index contributed by atoms with van der Waals surface area (Å²) in [6.45, 7) is 14.9. The quantitative estimate of drug-likeness (QED) is 0.301. The third-order valence-electron chi connectivity index (χ3n) is 6.60. The van der Waals surface area contributed by atoms with Crippen LogP contribution in [0.3, 0.4) is 0 Å². The Morgan fingerprint density at radius 1 is 1.00 bits per heavy atom. The highest BCUT2D eigenvalue weighted by Gasteiger charge is 2.34. The van der Waals surface area contributed by atoms with E-state index < -0.39 is 0 Å². The Balaban J connectivity index is 0.00000280. The first-order chi connectivity index (χ1) is 13.2. The van der Waals surface area contributed by atoms with Gasteiger partial charge in [-0.25, -0.2) is 0 Å². The maximum atomic E-state index is 5.01. The SMILES string of the molecule is CCNC(=NCC(C(C)C)N1CCCCCC1)NCC1CCN(C2CC2)C1.I. The lowest BCUT2D eigenvalue weighted by Crippen LogP contribution is -2.44. The van der Waals surface area contributed by atoms with Gasteiger partial charge in [0, 0.05) is 31.7 Å². The van der Waals surface area contributed by atoms with Gasteiger partial charge >= 0.3 is 0 Å². The molecule has 2 unspecified atom stereocenters. The van der Waals surface area contributed by atoms with Crippen LogP contribution in [0.4, 0.5) is 0 Å². The molecule has 1 saturated carbocycles. The summed E-state index contributed by atoms with van der Waals surface area (Å²) in [6.07, 6.45) is 9.69. The zero-order valence-corrected chi connectivity index (χ0v) is 20.8. The second-order valence-corrected chi connectivity index (χ2v) is 9.24. The van der Waals surface area contributed by atoms with E-state index in [2.05, 4.69) is 41.2 Å². The highest BCUT2D eigenvalue weighted by Crippen LogP contribution is 2.31. The van der Waals surface area contributed by atoms with Gasteiger partial charge in [-0.3, -0.25) is 9.89 Å². The molecule has 0 radical (unpaired) electrons. The van der Waals surface area contributed by atoms with Crippen LogP contribution in [-0.4, -0.2) is 73.7 Å². The molecule has 0 aromatic carbocycles. The highest BCUT2D eigenvalue weighted by atomic mass is 127. The Labute approximate surface area is 190 Å². The summed E-state index contributed by atoms with van der Waals surface area (Å²) in [5.74, 6) is 2.44. The van der Waals surface area contributed by atoms with Crippen LogP contribution in [-0.2, 0) is 0 Å². The second kappa shape index (κ2) is 12.6. The molecule has 3 fully saturated rings. The molecule has 6 heteroatoms. The molecule has 5 nitrogen and oxygen atoms in total. The summed E-state index contributed by atoms with van der Waals surface area (Å²) in [6, 6.07) is 1.48. The van der Waals surface area contributed by atoms with Crippen LogP contribution in [0.2, 0.25) is 0 Å². The Hall–Kier alpha value is -0.0800. The Bertz CT molecular complexity index is 458. The van der Waals surface area contributed by atoms with Crippen molar-refractivity contribution in [1.82, 2.24) is 20.4 Å². The van der Waals surface area contributed by atoms with Gasteiger partial charge in [-0.2, -0.15) is 0 Å². The molecular weight excluding hydrogens is 461 g/mol. The van der Waals surface area contributed by atoms with Crippen LogP contribution in [0.1, 0.15) is 65.7 Å². The average molecular weight is 506 g/mol. The number of guanidine groups is 1. The molecule has 164 valence electrons. The number of aliphatic imine (C=N–C) groups is 1. The molecule has 2 saturated heterocycles. The number of nitrogens with one attached hydrogen (secondary N) is 2. The lowest BCUT2D eigenvalue weighted by atomic mass is 10.0. The van der Waals surface area contributed by atoms with E-state index in [1.807, 2.05) is 0 Å². The van der Waals surface area contributed by atoms with E-state index in [1.54, 1.807) is 0 Å². The molecule has 0 amide bonds. The van der Waals surface area contributed by atoms with Gasteiger partial charge in [0.2, 0.25) is 0 Å². The molecule has 2 N–H and O–H groups in total. The van der Waals surface area contributed by atoms with Gasteiger partial charge in [0.05, 0.1) is 6.54 Å². The van der Waals surface area contributed by atoms with E-state index in [1.165, 1.54) is 71.1 Å². The number of hydrogen-bond acceptors (Lipinski definition) is 3. The van der Waals surface area contributed by atoms with Gasteiger partial charge in [-0.15, -0.1) is 24.0 Å². The Morgan fingerprint density at radius 3 is 2.32 bits per heavy atom. The molecule has 3 aliphatic rings. The van der Waals surface area contributed by atoms with Crippen molar-refractivity contribution < 1.29 is 0 Å². The van der Waals surface area contributed by atoms with E-state index in [0.29, 0.717) is 12.0 Å². The number of rotatable bonds is 8. The molecule has 0 spiro atoms. The lowest BCUT2D eigenvalue weighted by molar-refractivity contribution is 0.166. The van der Waals surface area contributed by atoms with E-state index in [0.717, 1.165) is 37.6 Å². The zero-order valence-electron chi connectivity index (χ0n) is 18.5. The average Bonchev–Trinajstić information content (AvgIpc) is 3.44. The normalized spacial score (nSPS) is 26.0. The number of hydrogen-bond donors (Lipinski definition) is 2. The van der Waals surface area contributed by atoms with Gasteiger partial charge in [0.25, 0.3) is 0 Å². The number of likely N-dealkylation sites (tertiary alicyclic amines) is 2. The molecule has 2 heterocycles. The summed E-state index contributed by atoms with van der Waals surface area (Å²) in [5, 5.41) is 7.11. The van der Waals surface area contributed by atoms with Crippen molar-refractivity contribution in [2.75, 3.05) is 45.8 Å². The maximum Gasteiger partial charge on any atom is 0.191 e. The van der Waals surface area contributed by atoms with Crippen LogP contribution in [0.15, 0.2) is 4.99 Å². The predicted molar refractivity (Wildman–Crippen MR) is 131 cm³/mol. The summed E-state index contributed by atoms with van der Waals surface area (Å²) in [4.78, 5) is 10.4. The van der Waals surface area contributed by atoms with E-state index in [9.17, 15) is 0 Å². The van der Waals surface area contributed by atoms with Crippen molar-refractivity contribution in [1.29, 1.82) is 0 Å². The Kier molecular flexibility index (Phi) is 10.9. The van der Waals surface area contributed by atoms with E-state index >= 15 is 0 Å². The summed E-state index contributed by atoms with van der Waals surface area (Å²) in [7, 11) is 0. The van der Waals surface area contributed by atoms with Crippen LogP contribution in [0, 0.1) is 11.8 Å². The number of halogens is 1. The largest absolute Gasteiger partial charge is 0.357 e. The van der Waals surface area contributed by atoms with Crippen molar-refractivity contribution in [2.45, 2.75) is 77.8 Å². The molecular formula is C22H44IN5. The minimum Gasteiger partial charge on any atom is -0.357 e. The predicted octanol–water partition coefficient (Wildman–Crippen LogP) is 3.54. The first kappa shape index (κ1) is 24.2. The second-order valence-electron chi connectivity index (χ2n) is 9.24. The summed E-state index contributed by atoms with van der Waals surface area (Å²) >= 11 is 0. The van der Waals surface area contributed by atoms with E-state index in [4.69, 9.17) is 4.99 Å². The van der Waals surface area contributed by atoms with Crippen molar-refractivity contribution in [2.24, 2.45) is 16.8 Å². The smallest absolute Gasteiger partial charge is 0.191 e. The van der Waals surface area contributed by atoms with Crippen molar-refractivity contribution in [3.05, 3.63) is 0 Å². The van der Waals surface area contributed by atoms with Crippen molar-refractivity contribution in [3.63, 3.8) is 0 Å². The third kappa shape index (κ3) is 7.63. The first-order valence-corrected chi connectivity index (χ1v) is 11.7. The minimum atomic E-state index is 0. The zero-order chi connectivity index (χ0) is 19.1. The van der Waals surface area contributed by atoms with Gasteiger partial charge in [0.1, 0.15) is 0 Å². The van der Waals surface area contributed by atoms with Gasteiger partial charge in [-0.1, -0.05) is 26.7 Å². The minimum absolute atomic E-state index is 0. The molecule has 3 rings (SSSR count). The number of nitrogens with zero attached hydrogens (tertiary/aromatic N) is 3. The maximum absolute atomic E-state index is 5.01. The van der Waals surface area contributed by atoms with Crippen LogP contribution >= 0.6 is 24.0 Å². The Morgan fingerprint density at radius 2 is 1.71 bits per heavy atom. The van der Waals surface area contributed by atoms with Crippen LogP contribution in [0.5, 0.6) is 0 Å². The fraction of sp³-hybridized carbons (Fsp3) is 0.955. The first-order valence-electron chi connectivity index (χ1n) is 11.7. The lowest BCUT2D eigenvalue weighted by Gasteiger charge is -2.32. The molecule has 0 bridgehead atoms. The molecule has 0 aromatic rings. The molecule has 1 aliphatic carbocycles. The van der Waals surface area contributed by atoms with Crippen molar-refractivity contribution >= 4 is 29.9 Å². The van der Waals surface area contributed by atoms with E-state index in [-0.39, 0.29) is 24.0 Å². The standard InChI is InChI=1S/C22H43N5.HI/c1-4-23-22(24-15-19-11-14-27(17-19)20-9-10-20)25-16-21(18(2)3)26-12-7-5-6-8-13-26;/h18-21H,4-17H2,1-3H3,(H2,23,24,25);1H. The molecule has 2 aliphatic heterocycles. The fourth-order valence-electron chi connectivity index (χ4n) is 4.74. The van der Waals surface area contributed by atoms with Gasteiger partial charge < -0.3 is 15.5 Å². The highest BCUT2D eigenvalue weighted by molar-refractivity contribution is 14.0. The third-order valence-corrected chi connectivity index (χ3v) is 6.60. The fourth-order valence-corrected chi connectivity index (χ4v) is 4.74. The topological polar surface area (TPSA) is 42.9 Å². The van der Waals surface area contributed by atoms with Gasteiger partial charge in [0.15, 0.2) is 5.96 Å². The molecule has 2 atom stereocenters. The monoisotopic (exact) mass is 505 g/mol. The summed E-state index contributed by atoms with van der Waals surface area (Å²) < 4.78 is 0. The van der Waals surface area contributed by atoms with Crippen LogP contribution in [0.25, 0.3) is 0 Å².